The fourth-order valence-corrected chi connectivity index (χ4v) is 4.36. The molecule has 0 atom stereocenters. The van der Waals surface area contributed by atoms with Crippen molar-refractivity contribution in [2.24, 2.45) is 0 Å². The molecule has 0 radical (unpaired) electrons. The highest BCUT2D eigenvalue weighted by Gasteiger charge is 2.19. The first-order valence-corrected chi connectivity index (χ1v) is 9.51. The summed E-state index contributed by atoms with van der Waals surface area (Å²) in [6.07, 6.45) is 1.82. The Morgan fingerprint density at radius 3 is 2.64 bits per heavy atom. The molecule has 0 aliphatic carbocycles. The maximum Gasteiger partial charge on any atom is 0.242 e. The number of ether oxygens (including phenoxy) is 1. The summed E-state index contributed by atoms with van der Waals surface area (Å²) in [4.78, 5) is 0.833. The Labute approximate surface area is 139 Å². The SMILES string of the molecule is COc1ccccc1CNS(=O)(=O)c1cc(Cl)ccc1SC. The molecule has 2 aromatic rings. The lowest BCUT2D eigenvalue weighted by atomic mass is 10.2. The molecule has 0 fully saturated rings. The fourth-order valence-electron chi connectivity index (χ4n) is 1.96. The Kier molecular flexibility index (Phi) is 5.74. The molecule has 118 valence electrons. The first kappa shape index (κ1) is 17.1. The van der Waals surface area contributed by atoms with Crippen LogP contribution in [0.5, 0.6) is 5.75 Å². The number of rotatable bonds is 6. The molecule has 0 amide bonds. The third-order valence-electron chi connectivity index (χ3n) is 3.06. The van der Waals surface area contributed by atoms with E-state index in [1.54, 1.807) is 25.3 Å². The van der Waals surface area contributed by atoms with Gasteiger partial charge in [0.05, 0.1) is 12.0 Å². The normalized spacial score (nSPS) is 11.4. The van der Waals surface area contributed by atoms with Crippen LogP contribution in [0.2, 0.25) is 5.02 Å². The summed E-state index contributed by atoms with van der Waals surface area (Å²) in [5.74, 6) is 0.640. The average Bonchev–Trinajstić information content (AvgIpc) is 2.53. The fraction of sp³-hybridized carbons (Fsp3) is 0.200. The topological polar surface area (TPSA) is 55.4 Å². The van der Waals surface area contributed by atoms with E-state index >= 15 is 0 Å². The number of thioether (sulfide) groups is 1. The number of methoxy groups -OCH3 is 1. The van der Waals surface area contributed by atoms with Gasteiger partial charge in [0.25, 0.3) is 0 Å². The van der Waals surface area contributed by atoms with Crippen molar-refractivity contribution < 1.29 is 13.2 Å². The second kappa shape index (κ2) is 7.37. The number of nitrogens with one attached hydrogen (secondary N) is 1. The first-order valence-electron chi connectivity index (χ1n) is 6.43. The van der Waals surface area contributed by atoms with E-state index in [0.29, 0.717) is 15.7 Å². The highest BCUT2D eigenvalue weighted by atomic mass is 35.5. The molecule has 1 N–H and O–H groups in total. The lowest BCUT2D eigenvalue weighted by molar-refractivity contribution is 0.409. The van der Waals surface area contributed by atoms with E-state index in [9.17, 15) is 8.42 Å². The van der Waals surface area contributed by atoms with E-state index in [2.05, 4.69) is 4.72 Å². The van der Waals surface area contributed by atoms with Crippen molar-refractivity contribution >= 4 is 33.4 Å². The molecule has 4 nitrogen and oxygen atoms in total. The lowest BCUT2D eigenvalue weighted by Gasteiger charge is -2.12. The molecule has 0 saturated carbocycles. The molecule has 0 aromatic heterocycles. The molecule has 2 aromatic carbocycles. The molecule has 7 heteroatoms. The zero-order valence-corrected chi connectivity index (χ0v) is 14.6. The van der Waals surface area contributed by atoms with Crippen molar-refractivity contribution in [1.29, 1.82) is 0 Å². The van der Waals surface area contributed by atoms with Crippen molar-refractivity contribution in [2.45, 2.75) is 16.3 Å². The highest BCUT2D eigenvalue weighted by Crippen LogP contribution is 2.28. The Morgan fingerprint density at radius 1 is 1.23 bits per heavy atom. The number of halogens is 1. The predicted molar refractivity (Wildman–Crippen MR) is 90.3 cm³/mol. The van der Waals surface area contributed by atoms with Crippen molar-refractivity contribution in [3.63, 3.8) is 0 Å². The molecular formula is C15H16ClNO3S2. The average molecular weight is 358 g/mol. The monoisotopic (exact) mass is 357 g/mol. The minimum atomic E-state index is -3.66. The predicted octanol–water partition coefficient (Wildman–Crippen LogP) is 3.55. The molecule has 0 aliphatic rings. The van der Waals surface area contributed by atoms with Crippen LogP contribution in [0, 0.1) is 0 Å². The molecular weight excluding hydrogens is 342 g/mol. The van der Waals surface area contributed by atoms with Crippen molar-refractivity contribution in [3.8, 4) is 5.75 Å². The minimum Gasteiger partial charge on any atom is -0.496 e. The molecule has 0 spiro atoms. The summed E-state index contributed by atoms with van der Waals surface area (Å²) in [6, 6.07) is 12.1. The number of hydrogen-bond acceptors (Lipinski definition) is 4. The molecule has 0 bridgehead atoms. The van der Waals surface area contributed by atoms with Gasteiger partial charge < -0.3 is 4.74 Å². The maximum atomic E-state index is 12.5. The van der Waals surface area contributed by atoms with E-state index in [4.69, 9.17) is 16.3 Å². The summed E-state index contributed by atoms with van der Waals surface area (Å²) in [5, 5.41) is 0.385. The van der Waals surface area contributed by atoms with Crippen molar-refractivity contribution in [2.75, 3.05) is 13.4 Å². The largest absolute Gasteiger partial charge is 0.496 e. The summed E-state index contributed by atoms with van der Waals surface area (Å²) >= 11 is 7.28. The summed E-state index contributed by atoms with van der Waals surface area (Å²) in [7, 11) is -2.11. The van der Waals surface area contributed by atoms with Crippen LogP contribution in [-0.2, 0) is 16.6 Å². The van der Waals surface area contributed by atoms with Crippen LogP contribution in [0.4, 0.5) is 0 Å². The molecule has 0 heterocycles. The van der Waals surface area contributed by atoms with Gasteiger partial charge >= 0.3 is 0 Å². The van der Waals surface area contributed by atoms with E-state index in [1.807, 2.05) is 24.5 Å². The van der Waals surface area contributed by atoms with E-state index in [1.165, 1.54) is 17.8 Å². The van der Waals surface area contributed by atoms with Gasteiger partial charge in [-0.25, -0.2) is 13.1 Å². The van der Waals surface area contributed by atoms with E-state index in [-0.39, 0.29) is 11.4 Å². The van der Waals surface area contributed by atoms with Gasteiger partial charge in [-0.05, 0) is 30.5 Å². The van der Waals surface area contributed by atoms with Gasteiger partial charge in [-0.1, -0.05) is 29.8 Å². The highest BCUT2D eigenvalue weighted by molar-refractivity contribution is 7.99. The van der Waals surface area contributed by atoms with Crippen molar-refractivity contribution in [1.82, 2.24) is 4.72 Å². The van der Waals surface area contributed by atoms with Gasteiger partial charge in [-0.15, -0.1) is 11.8 Å². The molecule has 2 rings (SSSR count). The summed E-state index contributed by atoms with van der Waals surface area (Å²) < 4.78 is 32.8. The second-order valence-corrected chi connectivity index (χ2v) is 7.45. The van der Waals surface area contributed by atoms with Crippen LogP contribution >= 0.6 is 23.4 Å². The summed E-state index contributed by atoms with van der Waals surface area (Å²) in [5.41, 5.74) is 0.765. The van der Waals surface area contributed by atoms with Gasteiger partial charge in [-0.2, -0.15) is 0 Å². The van der Waals surface area contributed by atoms with E-state index < -0.39 is 10.0 Å². The molecule has 0 unspecified atom stereocenters. The Balaban J connectivity index is 2.27. The number of hydrogen-bond donors (Lipinski definition) is 1. The molecule has 0 saturated heterocycles. The van der Waals surface area contributed by atoms with Crippen LogP contribution in [0.3, 0.4) is 0 Å². The quantitative estimate of drug-likeness (QED) is 0.803. The Hall–Kier alpha value is -1.21. The van der Waals surface area contributed by atoms with Crippen LogP contribution in [0.15, 0.2) is 52.3 Å². The Bertz CT molecular complexity index is 763. The van der Waals surface area contributed by atoms with Gasteiger partial charge in [0.2, 0.25) is 10.0 Å². The third-order valence-corrected chi connectivity index (χ3v) is 5.66. The standard InChI is InChI=1S/C15H16ClNO3S2/c1-20-13-6-4-3-5-11(13)10-17-22(18,19)15-9-12(16)7-8-14(15)21-2/h3-9,17H,10H2,1-2H3. The minimum absolute atomic E-state index is 0.146. The molecule has 22 heavy (non-hydrogen) atoms. The number of sulfonamides is 1. The Morgan fingerprint density at radius 2 is 1.95 bits per heavy atom. The van der Waals surface area contributed by atoms with Gasteiger partial charge in [-0.3, -0.25) is 0 Å². The van der Waals surface area contributed by atoms with Crippen LogP contribution < -0.4 is 9.46 Å². The van der Waals surface area contributed by atoms with Crippen molar-refractivity contribution in [3.05, 3.63) is 53.1 Å². The maximum absolute atomic E-state index is 12.5. The third kappa shape index (κ3) is 3.95. The second-order valence-electron chi connectivity index (χ2n) is 4.43. The zero-order chi connectivity index (χ0) is 16.2. The zero-order valence-electron chi connectivity index (χ0n) is 12.2. The summed E-state index contributed by atoms with van der Waals surface area (Å²) in [6.45, 7) is 0.146. The molecule has 0 aliphatic heterocycles. The van der Waals surface area contributed by atoms with Gasteiger partial charge in [0.15, 0.2) is 0 Å². The van der Waals surface area contributed by atoms with Gasteiger partial charge in [0.1, 0.15) is 5.75 Å². The number of benzene rings is 2. The van der Waals surface area contributed by atoms with Crippen LogP contribution in [0.1, 0.15) is 5.56 Å². The van der Waals surface area contributed by atoms with Crippen LogP contribution in [-0.4, -0.2) is 21.8 Å². The smallest absolute Gasteiger partial charge is 0.242 e. The van der Waals surface area contributed by atoms with Crippen LogP contribution in [0.25, 0.3) is 0 Å². The number of para-hydroxylation sites is 1. The van der Waals surface area contributed by atoms with Gasteiger partial charge in [0, 0.05) is 22.0 Å². The van der Waals surface area contributed by atoms with E-state index in [0.717, 1.165) is 5.56 Å². The first-order chi connectivity index (χ1) is 10.5. The lowest BCUT2D eigenvalue weighted by Crippen LogP contribution is -2.24.